The Labute approximate surface area is 70.8 Å². The summed E-state index contributed by atoms with van der Waals surface area (Å²) in [6, 6.07) is 0. The van der Waals surface area contributed by atoms with Crippen molar-refractivity contribution in [3.8, 4) is 0 Å². The van der Waals surface area contributed by atoms with Crippen molar-refractivity contribution < 1.29 is 0 Å². The summed E-state index contributed by atoms with van der Waals surface area (Å²) in [5, 5.41) is 0. The molecule has 1 rings (SSSR count). The van der Waals surface area contributed by atoms with Crippen molar-refractivity contribution >= 4 is 6.08 Å². The van der Waals surface area contributed by atoms with Gasteiger partial charge >= 0.3 is 5.69 Å². The minimum Gasteiger partial charge on any atom is -0.310 e. The first-order valence-electron chi connectivity index (χ1n) is 3.72. The lowest BCUT2D eigenvalue weighted by Crippen LogP contribution is -2.00. The second kappa shape index (κ2) is 3.26. The number of aromatic amines is 2. The van der Waals surface area contributed by atoms with Gasteiger partial charge in [0.05, 0.1) is 5.69 Å². The van der Waals surface area contributed by atoms with Crippen LogP contribution in [-0.4, -0.2) is 9.97 Å². The second-order valence-corrected chi connectivity index (χ2v) is 2.80. The monoisotopic (exact) mass is 164 g/mol. The number of H-pyrrole nitrogens is 2. The first-order valence-corrected chi connectivity index (χ1v) is 3.72. The standard InChI is InChI=1S/C9H12N2O/c1-6(2)4-5-8-7(3)10-9(12)11-8/h4-5H,1H2,2-3H3,(H2,10,11,12)/b5-4-. The lowest BCUT2D eigenvalue weighted by Gasteiger charge is -1.88. The molecule has 0 aliphatic rings. The number of rotatable bonds is 2. The Morgan fingerprint density at radius 1 is 1.50 bits per heavy atom. The molecule has 0 bridgehead atoms. The topological polar surface area (TPSA) is 48.6 Å². The van der Waals surface area contributed by atoms with E-state index in [-0.39, 0.29) is 5.69 Å². The van der Waals surface area contributed by atoms with Gasteiger partial charge in [-0.05, 0) is 19.9 Å². The first kappa shape index (κ1) is 8.59. The Morgan fingerprint density at radius 2 is 2.17 bits per heavy atom. The van der Waals surface area contributed by atoms with Crippen molar-refractivity contribution in [2.45, 2.75) is 13.8 Å². The lowest BCUT2D eigenvalue weighted by molar-refractivity contribution is 1.16. The molecule has 0 amide bonds. The van der Waals surface area contributed by atoms with Crippen LogP contribution in [0.4, 0.5) is 0 Å². The third-order valence-corrected chi connectivity index (χ3v) is 1.49. The molecule has 0 radical (unpaired) electrons. The molecule has 0 unspecified atom stereocenters. The van der Waals surface area contributed by atoms with Crippen molar-refractivity contribution in [2.24, 2.45) is 0 Å². The summed E-state index contributed by atoms with van der Waals surface area (Å²) in [6.45, 7) is 7.46. The maximum Gasteiger partial charge on any atom is 0.323 e. The Hall–Kier alpha value is -1.51. The fourth-order valence-corrected chi connectivity index (χ4v) is 0.877. The fraction of sp³-hybridized carbons (Fsp3) is 0.222. The molecule has 1 heterocycles. The van der Waals surface area contributed by atoms with E-state index in [0.29, 0.717) is 0 Å². The van der Waals surface area contributed by atoms with Crippen LogP contribution < -0.4 is 5.69 Å². The number of aromatic nitrogens is 2. The highest BCUT2D eigenvalue weighted by Gasteiger charge is 1.96. The summed E-state index contributed by atoms with van der Waals surface area (Å²) >= 11 is 0. The molecule has 0 spiro atoms. The minimum atomic E-state index is -0.172. The van der Waals surface area contributed by atoms with Crippen molar-refractivity contribution in [1.82, 2.24) is 9.97 Å². The first-order chi connectivity index (χ1) is 5.59. The van der Waals surface area contributed by atoms with Gasteiger partial charge in [-0.25, -0.2) is 4.79 Å². The maximum atomic E-state index is 10.8. The number of imidazole rings is 1. The van der Waals surface area contributed by atoms with Crippen molar-refractivity contribution in [3.63, 3.8) is 0 Å². The van der Waals surface area contributed by atoms with E-state index < -0.39 is 0 Å². The van der Waals surface area contributed by atoms with Crippen LogP contribution in [0.5, 0.6) is 0 Å². The minimum absolute atomic E-state index is 0.172. The van der Waals surface area contributed by atoms with E-state index in [9.17, 15) is 4.79 Å². The molecule has 1 aromatic heterocycles. The van der Waals surface area contributed by atoms with E-state index in [4.69, 9.17) is 0 Å². The van der Waals surface area contributed by atoms with Crippen molar-refractivity contribution in [2.75, 3.05) is 0 Å². The Balaban J connectivity index is 2.96. The molecule has 0 fully saturated rings. The second-order valence-electron chi connectivity index (χ2n) is 2.80. The number of allylic oxidation sites excluding steroid dienone is 2. The highest BCUT2D eigenvalue weighted by Crippen LogP contribution is 2.02. The summed E-state index contributed by atoms with van der Waals surface area (Å²) in [5.74, 6) is 0. The summed E-state index contributed by atoms with van der Waals surface area (Å²) in [6.07, 6.45) is 3.68. The third-order valence-electron chi connectivity index (χ3n) is 1.49. The van der Waals surface area contributed by atoms with Crippen LogP contribution in [0, 0.1) is 6.92 Å². The zero-order valence-electron chi connectivity index (χ0n) is 7.27. The van der Waals surface area contributed by atoms with E-state index in [1.165, 1.54) is 0 Å². The van der Waals surface area contributed by atoms with E-state index >= 15 is 0 Å². The largest absolute Gasteiger partial charge is 0.323 e. The van der Waals surface area contributed by atoms with Crippen LogP contribution in [-0.2, 0) is 0 Å². The molecule has 3 heteroatoms. The zero-order valence-corrected chi connectivity index (χ0v) is 7.27. The summed E-state index contributed by atoms with van der Waals surface area (Å²) in [5.41, 5.74) is 2.44. The van der Waals surface area contributed by atoms with Gasteiger partial charge in [-0.1, -0.05) is 18.2 Å². The predicted molar refractivity (Wildman–Crippen MR) is 50.0 cm³/mol. The molecule has 12 heavy (non-hydrogen) atoms. The summed E-state index contributed by atoms with van der Waals surface area (Å²) < 4.78 is 0. The van der Waals surface area contributed by atoms with Gasteiger partial charge in [0.1, 0.15) is 0 Å². The number of hydrogen-bond donors (Lipinski definition) is 2. The lowest BCUT2D eigenvalue weighted by atomic mass is 10.2. The van der Waals surface area contributed by atoms with Crippen LogP contribution in [0.25, 0.3) is 6.08 Å². The number of aryl methyl sites for hydroxylation is 1. The third kappa shape index (κ3) is 1.99. The molecule has 2 N–H and O–H groups in total. The molecule has 3 nitrogen and oxygen atoms in total. The van der Waals surface area contributed by atoms with E-state index in [1.54, 1.807) is 0 Å². The van der Waals surface area contributed by atoms with Gasteiger partial charge in [0, 0.05) is 5.69 Å². The molecular formula is C9H12N2O. The van der Waals surface area contributed by atoms with Gasteiger partial charge in [0.2, 0.25) is 0 Å². The normalized spacial score (nSPS) is 10.8. The smallest absolute Gasteiger partial charge is 0.310 e. The zero-order chi connectivity index (χ0) is 9.14. The summed E-state index contributed by atoms with van der Waals surface area (Å²) in [7, 11) is 0. The van der Waals surface area contributed by atoms with Gasteiger partial charge in [0.25, 0.3) is 0 Å². The van der Waals surface area contributed by atoms with Crippen LogP contribution >= 0.6 is 0 Å². The van der Waals surface area contributed by atoms with Gasteiger partial charge in [-0.15, -0.1) is 0 Å². The predicted octanol–water partition coefficient (Wildman–Crippen LogP) is 1.60. The number of hydrogen-bond acceptors (Lipinski definition) is 1. The number of nitrogens with one attached hydrogen (secondary N) is 2. The van der Waals surface area contributed by atoms with Gasteiger partial charge in [0.15, 0.2) is 0 Å². The van der Waals surface area contributed by atoms with Crippen LogP contribution in [0.2, 0.25) is 0 Å². The van der Waals surface area contributed by atoms with Gasteiger partial charge < -0.3 is 9.97 Å². The van der Waals surface area contributed by atoms with E-state index in [1.807, 2.05) is 26.0 Å². The molecule has 0 atom stereocenters. The molecule has 0 aliphatic heterocycles. The van der Waals surface area contributed by atoms with Crippen LogP contribution in [0.1, 0.15) is 18.3 Å². The Kier molecular flexibility index (Phi) is 2.33. The molecule has 0 aromatic carbocycles. The van der Waals surface area contributed by atoms with Gasteiger partial charge in [-0.2, -0.15) is 0 Å². The van der Waals surface area contributed by atoms with Crippen molar-refractivity contribution in [1.29, 1.82) is 0 Å². The SMILES string of the molecule is C=C(C)/C=C\c1[nH]c(=O)[nH]c1C. The Morgan fingerprint density at radius 3 is 2.58 bits per heavy atom. The van der Waals surface area contributed by atoms with Crippen LogP contribution in [0.15, 0.2) is 23.0 Å². The molecule has 0 saturated heterocycles. The average Bonchev–Trinajstić information content (AvgIpc) is 2.26. The van der Waals surface area contributed by atoms with Crippen molar-refractivity contribution in [3.05, 3.63) is 40.1 Å². The summed E-state index contributed by atoms with van der Waals surface area (Å²) in [4.78, 5) is 16.1. The quantitative estimate of drug-likeness (QED) is 0.641. The van der Waals surface area contributed by atoms with E-state index in [2.05, 4.69) is 16.5 Å². The highest BCUT2D eigenvalue weighted by molar-refractivity contribution is 5.50. The molecule has 64 valence electrons. The molecule has 0 aliphatic carbocycles. The maximum absolute atomic E-state index is 10.8. The molecule has 1 aromatic rings. The molecular weight excluding hydrogens is 152 g/mol. The average molecular weight is 164 g/mol. The van der Waals surface area contributed by atoms with Gasteiger partial charge in [-0.3, -0.25) is 0 Å². The Bertz CT molecular complexity index is 368. The highest BCUT2D eigenvalue weighted by atomic mass is 16.1. The fourth-order valence-electron chi connectivity index (χ4n) is 0.877. The molecule has 0 saturated carbocycles. The van der Waals surface area contributed by atoms with Crippen LogP contribution in [0.3, 0.4) is 0 Å². The van der Waals surface area contributed by atoms with E-state index in [0.717, 1.165) is 17.0 Å².